The van der Waals surface area contributed by atoms with Gasteiger partial charge in [0.15, 0.2) is 0 Å². The predicted molar refractivity (Wildman–Crippen MR) is 107 cm³/mol. The van der Waals surface area contributed by atoms with Crippen molar-refractivity contribution in [2.24, 2.45) is 0 Å². The molecule has 28 heavy (non-hydrogen) atoms. The molecule has 1 N–H and O–H groups in total. The van der Waals surface area contributed by atoms with Gasteiger partial charge in [-0.3, -0.25) is 4.79 Å². The summed E-state index contributed by atoms with van der Waals surface area (Å²) < 4.78 is 5.40. The number of ether oxygens (including phenoxy) is 1. The molecule has 1 atom stereocenters. The van der Waals surface area contributed by atoms with Crippen molar-refractivity contribution in [3.05, 3.63) is 101 Å². The highest BCUT2D eigenvalue weighted by atomic mass is 35.5. The van der Waals surface area contributed by atoms with E-state index in [4.69, 9.17) is 16.3 Å². The van der Waals surface area contributed by atoms with Crippen molar-refractivity contribution in [2.75, 3.05) is 0 Å². The Kier molecular flexibility index (Phi) is 6.76. The van der Waals surface area contributed by atoms with Crippen LogP contribution in [0.2, 0.25) is 5.15 Å². The Bertz CT molecular complexity index is 916. The van der Waals surface area contributed by atoms with Gasteiger partial charge in [0.25, 0.3) is 5.91 Å². The van der Waals surface area contributed by atoms with Crippen LogP contribution in [0.25, 0.3) is 0 Å². The third-order valence-electron chi connectivity index (χ3n) is 4.08. The average Bonchev–Trinajstić information content (AvgIpc) is 2.74. The topological polar surface area (TPSA) is 68.3 Å². The van der Waals surface area contributed by atoms with Crippen molar-refractivity contribution in [2.45, 2.75) is 19.1 Å². The van der Waals surface area contributed by atoms with Gasteiger partial charge in [0, 0.05) is 23.7 Å². The summed E-state index contributed by atoms with van der Waals surface area (Å²) in [6.45, 7) is 0.0511. The Morgan fingerprint density at radius 3 is 2.25 bits per heavy atom. The number of hydrogen-bond donors (Lipinski definition) is 1. The lowest BCUT2D eigenvalue weighted by Crippen LogP contribution is -2.43. The molecule has 0 bridgehead atoms. The molecule has 0 aliphatic rings. The van der Waals surface area contributed by atoms with E-state index in [9.17, 15) is 9.59 Å². The lowest BCUT2D eigenvalue weighted by atomic mass is 10.1. The maximum atomic E-state index is 12.7. The van der Waals surface area contributed by atoms with E-state index in [1.54, 1.807) is 42.6 Å². The monoisotopic (exact) mass is 394 g/mol. The van der Waals surface area contributed by atoms with Crippen LogP contribution in [0.15, 0.2) is 79.0 Å². The zero-order chi connectivity index (χ0) is 19.8. The first-order valence-corrected chi connectivity index (χ1v) is 9.16. The summed E-state index contributed by atoms with van der Waals surface area (Å²) in [5.74, 6) is -0.838. The van der Waals surface area contributed by atoms with E-state index < -0.39 is 12.0 Å². The standard InChI is InChI=1S/C22H19ClN2O3/c23-20-12-11-17(14-24-20)15-28-22(27)19(13-16-7-3-1-4-8-16)25-21(26)18-9-5-2-6-10-18/h1-12,14,19H,13,15H2,(H,25,26). The molecule has 0 aliphatic carbocycles. The van der Waals surface area contributed by atoms with Crippen molar-refractivity contribution in [3.8, 4) is 0 Å². The summed E-state index contributed by atoms with van der Waals surface area (Å²) in [5, 5.41) is 3.14. The number of carbonyl (C=O) groups excluding carboxylic acids is 2. The fraction of sp³-hybridized carbons (Fsp3) is 0.136. The van der Waals surface area contributed by atoms with Gasteiger partial charge in [0.05, 0.1) is 0 Å². The maximum absolute atomic E-state index is 12.7. The van der Waals surface area contributed by atoms with Gasteiger partial charge in [-0.25, -0.2) is 9.78 Å². The van der Waals surface area contributed by atoms with Crippen LogP contribution < -0.4 is 5.32 Å². The van der Waals surface area contributed by atoms with Crippen molar-refractivity contribution < 1.29 is 14.3 Å². The molecule has 0 saturated heterocycles. The molecule has 0 aliphatic heterocycles. The van der Waals surface area contributed by atoms with Crippen LogP contribution in [-0.4, -0.2) is 22.9 Å². The summed E-state index contributed by atoms with van der Waals surface area (Å²) in [5.41, 5.74) is 2.12. The summed E-state index contributed by atoms with van der Waals surface area (Å²) in [7, 11) is 0. The van der Waals surface area contributed by atoms with Gasteiger partial charge in [0.2, 0.25) is 0 Å². The second-order valence-electron chi connectivity index (χ2n) is 6.18. The highest BCUT2D eigenvalue weighted by molar-refractivity contribution is 6.29. The summed E-state index contributed by atoms with van der Waals surface area (Å²) in [4.78, 5) is 29.2. The van der Waals surface area contributed by atoms with E-state index in [0.29, 0.717) is 22.7 Å². The first-order valence-electron chi connectivity index (χ1n) is 8.79. The number of carbonyl (C=O) groups is 2. The number of pyridine rings is 1. The number of hydrogen-bond acceptors (Lipinski definition) is 4. The molecule has 1 heterocycles. The van der Waals surface area contributed by atoms with E-state index >= 15 is 0 Å². The molecule has 5 nitrogen and oxygen atoms in total. The van der Waals surface area contributed by atoms with Gasteiger partial charge in [-0.05, 0) is 23.8 Å². The number of aromatic nitrogens is 1. The Morgan fingerprint density at radius 2 is 1.61 bits per heavy atom. The van der Waals surface area contributed by atoms with Crippen molar-refractivity contribution in [1.29, 1.82) is 0 Å². The minimum atomic E-state index is -0.810. The molecule has 3 rings (SSSR count). The van der Waals surface area contributed by atoms with Crippen molar-refractivity contribution in [3.63, 3.8) is 0 Å². The molecular formula is C22H19ClN2O3. The molecular weight excluding hydrogens is 376 g/mol. The zero-order valence-electron chi connectivity index (χ0n) is 15.0. The fourth-order valence-corrected chi connectivity index (χ4v) is 2.73. The molecule has 2 aromatic carbocycles. The van der Waals surface area contributed by atoms with E-state index in [-0.39, 0.29) is 12.5 Å². The number of nitrogens with zero attached hydrogens (tertiary/aromatic N) is 1. The second-order valence-corrected chi connectivity index (χ2v) is 6.57. The van der Waals surface area contributed by atoms with Crippen molar-refractivity contribution in [1.82, 2.24) is 10.3 Å². The van der Waals surface area contributed by atoms with E-state index in [0.717, 1.165) is 5.56 Å². The van der Waals surface area contributed by atoms with Crippen LogP contribution in [0.4, 0.5) is 0 Å². The summed E-state index contributed by atoms with van der Waals surface area (Å²) in [6, 6.07) is 20.8. The fourth-order valence-electron chi connectivity index (χ4n) is 2.62. The molecule has 0 spiro atoms. The molecule has 0 radical (unpaired) electrons. The van der Waals surface area contributed by atoms with Crippen LogP contribution in [0.1, 0.15) is 21.5 Å². The van der Waals surface area contributed by atoms with Crippen LogP contribution in [0, 0.1) is 0 Å². The number of amides is 1. The van der Waals surface area contributed by atoms with Gasteiger partial charge in [0.1, 0.15) is 17.8 Å². The average molecular weight is 395 g/mol. The highest BCUT2D eigenvalue weighted by Crippen LogP contribution is 2.10. The lowest BCUT2D eigenvalue weighted by molar-refractivity contribution is -0.147. The number of nitrogens with one attached hydrogen (secondary N) is 1. The maximum Gasteiger partial charge on any atom is 0.329 e. The summed E-state index contributed by atoms with van der Waals surface area (Å²) >= 11 is 5.76. The quantitative estimate of drug-likeness (QED) is 0.488. The van der Waals surface area contributed by atoms with E-state index in [2.05, 4.69) is 10.3 Å². The second kappa shape index (κ2) is 9.67. The summed E-state index contributed by atoms with van der Waals surface area (Å²) in [6.07, 6.45) is 1.88. The SMILES string of the molecule is O=C(NC(Cc1ccccc1)C(=O)OCc1ccc(Cl)nc1)c1ccccc1. The van der Waals surface area contributed by atoms with Crippen molar-refractivity contribution >= 4 is 23.5 Å². The Hall–Kier alpha value is -3.18. The van der Waals surface area contributed by atoms with Crippen LogP contribution in [0.3, 0.4) is 0 Å². The molecule has 1 aromatic heterocycles. The Labute approximate surface area is 168 Å². The predicted octanol–water partition coefficient (Wildman–Crippen LogP) is 3.82. The largest absolute Gasteiger partial charge is 0.459 e. The molecule has 0 saturated carbocycles. The number of rotatable bonds is 7. The molecule has 6 heteroatoms. The minimum absolute atomic E-state index is 0.0511. The number of esters is 1. The third kappa shape index (κ3) is 5.66. The number of benzene rings is 2. The van der Waals surface area contributed by atoms with Crippen LogP contribution in [0.5, 0.6) is 0 Å². The Morgan fingerprint density at radius 1 is 0.929 bits per heavy atom. The van der Waals surface area contributed by atoms with Gasteiger partial charge in [-0.1, -0.05) is 66.2 Å². The van der Waals surface area contributed by atoms with E-state index in [1.807, 2.05) is 36.4 Å². The normalized spacial score (nSPS) is 11.5. The number of halogens is 1. The van der Waals surface area contributed by atoms with Gasteiger partial charge < -0.3 is 10.1 Å². The smallest absolute Gasteiger partial charge is 0.329 e. The molecule has 1 amide bonds. The lowest BCUT2D eigenvalue weighted by Gasteiger charge is -2.18. The third-order valence-corrected chi connectivity index (χ3v) is 4.30. The van der Waals surface area contributed by atoms with Crippen LogP contribution >= 0.6 is 11.6 Å². The zero-order valence-corrected chi connectivity index (χ0v) is 15.8. The first kappa shape index (κ1) is 19.6. The first-order chi connectivity index (χ1) is 13.6. The van der Waals surface area contributed by atoms with Gasteiger partial charge >= 0.3 is 5.97 Å². The highest BCUT2D eigenvalue weighted by Gasteiger charge is 2.23. The molecule has 1 unspecified atom stereocenters. The van der Waals surface area contributed by atoms with Gasteiger partial charge in [-0.2, -0.15) is 0 Å². The molecule has 142 valence electrons. The molecule has 3 aromatic rings. The Balaban J connectivity index is 1.70. The molecule has 0 fully saturated rings. The minimum Gasteiger partial charge on any atom is -0.459 e. The van der Waals surface area contributed by atoms with Crippen LogP contribution in [-0.2, 0) is 22.6 Å². The van der Waals surface area contributed by atoms with E-state index in [1.165, 1.54) is 0 Å². The van der Waals surface area contributed by atoms with Gasteiger partial charge in [-0.15, -0.1) is 0 Å².